The lowest BCUT2D eigenvalue weighted by Crippen LogP contribution is -2.30. The molecule has 3 heterocycles. The van der Waals surface area contributed by atoms with Gasteiger partial charge in [-0.25, -0.2) is 9.37 Å². The Morgan fingerprint density at radius 3 is 2.81 bits per heavy atom. The molecule has 0 aliphatic carbocycles. The van der Waals surface area contributed by atoms with E-state index in [4.69, 9.17) is 4.42 Å². The fourth-order valence-electron chi connectivity index (χ4n) is 3.21. The number of nitrogens with zero attached hydrogens (tertiary/aromatic N) is 4. The molecule has 3 aromatic rings. The van der Waals surface area contributed by atoms with Gasteiger partial charge in [0, 0.05) is 13.0 Å². The highest BCUT2D eigenvalue weighted by Crippen LogP contribution is 2.33. The van der Waals surface area contributed by atoms with Crippen molar-refractivity contribution in [2.45, 2.75) is 25.3 Å². The van der Waals surface area contributed by atoms with E-state index in [2.05, 4.69) is 15.2 Å². The quantitative estimate of drug-likeness (QED) is 0.721. The lowest BCUT2D eigenvalue weighted by molar-refractivity contribution is 0.0714. The zero-order valence-corrected chi connectivity index (χ0v) is 14.0. The van der Waals surface area contributed by atoms with E-state index in [0.717, 1.165) is 18.4 Å². The molecule has 26 heavy (non-hydrogen) atoms. The van der Waals surface area contributed by atoms with Crippen LogP contribution in [0.15, 0.2) is 53.3 Å². The Labute approximate surface area is 149 Å². The van der Waals surface area contributed by atoms with Gasteiger partial charge in [-0.3, -0.25) is 4.79 Å². The lowest BCUT2D eigenvalue weighted by atomic mass is 10.1. The maximum absolute atomic E-state index is 13.0. The molecule has 1 amide bonds. The molecule has 4 rings (SSSR count). The zero-order chi connectivity index (χ0) is 17.9. The van der Waals surface area contributed by atoms with Gasteiger partial charge in [0.05, 0.1) is 24.2 Å². The number of rotatable bonds is 4. The number of aromatic nitrogens is 3. The number of carbonyl (C=O) groups is 1. The first-order valence-corrected chi connectivity index (χ1v) is 8.47. The van der Waals surface area contributed by atoms with Gasteiger partial charge in [0.15, 0.2) is 0 Å². The molecule has 0 N–H and O–H groups in total. The van der Waals surface area contributed by atoms with Gasteiger partial charge in [-0.1, -0.05) is 12.1 Å². The van der Waals surface area contributed by atoms with Crippen LogP contribution in [0.3, 0.4) is 0 Å². The highest BCUT2D eigenvalue weighted by molar-refractivity contribution is 5.94. The molecule has 7 heteroatoms. The SMILES string of the molecule is O=C(c1ccnnc1)N1CCC[C@H]1c1ncc(Cc2ccc(F)cc2)o1. The molecular weight excluding hydrogens is 335 g/mol. The van der Waals surface area contributed by atoms with Crippen LogP contribution in [-0.4, -0.2) is 32.5 Å². The van der Waals surface area contributed by atoms with Crippen LogP contribution < -0.4 is 0 Å². The average Bonchev–Trinajstić information content (AvgIpc) is 3.33. The standard InChI is InChI=1S/C19H17FN4O2/c20-15-5-3-13(4-6-15)10-16-12-21-18(26-16)17-2-1-9-24(17)19(25)14-7-8-22-23-11-14/h3-8,11-12,17H,1-2,9-10H2/t17-/m0/s1. The number of hydrogen-bond acceptors (Lipinski definition) is 5. The average molecular weight is 352 g/mol. The van der Waals surface area contributed by atoms with Gasteiger partial charge in [-0.15, -0.1) is 0 Å². The minimum atomic E-state index is -0.266. The summed E-state index contributed by atoms with van der Waals surface area (Å²) in [6.45, 7) is 0.654. The van der Waals surface area contributed by atoms with Crippen LogP contribution in [0.1, 0.15) is 46.5 Å². The number of amides is 1. The second kappa shape index (κ2) is 7.03. The minimum Gasteiger partial charge on any atom is -0.443 e. The van der Waals surface area contributed by atoms with E-state index in [0.29, 0.717) is 30.2 Å². The van der Waals surface area contributed by atoms with Gasteiger partial charge >= 0.3 is 0 Å². The van der Waals surface area contributed by atoms with E-state index in [1.807, 2.05) is 0 Å². The maximum atomic E-state index is 13.0. The molecule has 0 saturated carbocycles. The van der Waals surface area contributed by atoms with Gasteiger partial charge in [-0.05, 0) is 36.6 Å². The molecule has 1 fully saturated rings. The van der Waals surface area contributed by atoms with Crippen molar-refractivity contribution in [1.29, 1.82) is 0 Å². The summed E-state index contributed by atoms with van der Waals surface area (Å²) in [5.41, 5.74) is 1.45. The zero-order valence-electron chi connectivity index (χ0n) is 14.0. The number of carbonyl (C=O) groups excluding carboxylic acids is 1. The first-order chi connectivity index (χ1) is 12.7. The van der Waals surface area contributed by atoms with Gasteiger partial charge in [0.1, 0.15) is 17.6 Å². The van der Waals surface area contributed by atoms with Crippen molar-refractivity contribution in [1.82, 2.24) is 20.1 Å². The largest absolute Gasteiger partial charge is 0.443 e. The Kier molecular flexibility index (Phi) is 4.43. The molecule has 0 unspecified atom stereocenters. The van der Waals surface area contributed by atoms with Crippen LogP contribution in [-0.2, 0) is 6.42 Å². The molecular formula is C19H17FN4O2. The molecule has 0 radical (unpaired) electrons. The van der Waals surface area contributed by atoms with E-state index in [1.165, 1.54) is 24.5 Å². The van der Waals surface area contributed by atoms with E-state index in [1.54, 1.807) is 29.3 Å². The van der Waals surface area contributed by atoms with Gasteiger partial charge in [0.25, 0.3) is 5.91 Å². The summed E-state index contributed by atoms with van der Waals surface area (Å²) in [4.78, 5) is 18.9. The molecule has 1 aromatic carbocycles. The topological polar surface area (TPSA) is 72.1 Å². The van der Waals surface area contributed by atoms with Gasteiger partial charge < -0.3 is 9.32 Å². The van der Waals surface area contributed by atoms with E-state index in [-0.39, 0.29) is 17.8 Å². The lowest BCUT2D eigenvalue weighted by Gasteiger charge is -2.22. The molecule has 0 bridgehead atoms. The third-order valence-electron chi connectivity index (χ3n) is 4.49. The Balaban J connectivity index is 1.51. The Hall–Kier alpha value is -3.09. The maximum Gasteiger partial charge on any atom is 0.256 e. The van der Waals surface area contributed by atoms with Crippen molar-refractivity contribution < 1.29 is 13.6 Å². The molecule has 1 atom stereocenters. The molecule has 132 valence electrons. The summed E-state index contributed by atoms with van der Waals surface area (Å²) in [6.07, 6.45) is 6.87. The van der Waals surface area contributed by atoms with Crippen LogP contribution in [0.2, 0.25) is 0 Å². The number of hydrogen-bond donors (Lipinski definition) is 0. The summed E-state index contributed by atoms with van der Waals surface area (Å²) in [6, 6.07) is 7.76. The number of benzene rings is 1. The van der Waals surface area contributed by atoms with Crippen LogP contribution >= 0.6 is 0 Å². The third-order valence-corrected chi connectivity index (χ3v) is 4.49. The van der Waals surface area contributed by atoms with E-state index < -0.39 is 0 Å². The first kappa shape index (κ1) is 16.4. The van der Waals surface area contributed by atoms with Crippen molar-refractivity contribution in [3.05, 3.63) is 77.5 Å². The Bertz CT molecular complexity index is 895. The molecule has 6 nitrogen and oxygen atoms in total. The van der Waals surface area contributed by atoms with Crippen LogP contribution in [0.25, 0.3) is 0 Å². The van der Waals surface area contributed by atoms with E-state index >= 15 is 0 Å². The summed E-state index contributed by atoms with van der Waals surface area (Å²) in [5.74, 6) is 0.866. The summed E-state index contributed by atoms with van der Waals surface area (Å²) in [5, 5.41) is 7.47. The molecule has 0 spiro atoms. The van der Waals surface area contributed by atoms with Crippen molar-refractivity contribution in [2.24, 2.45) is 0 Å². The van der Waals surface area contributed by atoms with Crippen LogP contribution in [0.5, 0.6) is 0 Å². The fraction of sp³-hybridized carbons (Fsp3) is 0.263. The molecule has 1 aliphatic rings. The predicted octanol–water partition coefficient (Wildman–Crippen LogP) is 3.17. The van der Waals surface area contributed by atoms with Crippen LogP contribution in [0, 0.1) is 5.82 Å². The number of halogens is 1. The van der Waals surface area contributed by atoms with E-state index in [9.17, 15) is 9.18 Å². The molecule has 2 aromatic heterocycles. The smallest absolute Gasteiger partial charge is 0.256 e. The van der Waals surface area contributed by atoms with Crippen LogP contribution in [0.4, 0.5) is 4.39 Å². The fourth-order valence-corrected chi connectivity index (χ4v) is 3.21. The third kappa shape index (κ3) is 3.33. The highest BCUT2D eigenvalue weighted by Gasteiger charge is 2.33. The summed E-state index contributed by atoms with van der Waals surface area (Å²) < 4.78 is 18.9. The van der Waals surface area contributed by atoms with Crippen molar-refractivity contribution >= 4 is 5.91 Å². The number of likely N-dealkylation sites (tertiary alicyclic amines) is 1. The normalized spacial score (nSPS) is 16.8. The minimum absolute atomic E-state index is 0.0966. The van der Waals surface area contributed by atoms with Gasteiger partial charge in [0.2, 0.25) is 5.89 Å². The highest BCUT2D eigenvalue weighted by atomic mass is 19.1. The van der Waals surface area contributed by atoms with Crippen molar-refractivity contribution in [3.63, 3.8) is 0 Å². The summed E-state index contributed by atoms with van der Waals surface area (Å²) >= 11 is 0. The number of oxazole rings is 1. The molecule has 1 aliphatic heterocycles. The summed E-state index contributed by atoms with van der Waals surface area (Å²) in [7, 11) is 0. The van der Waals surface area contributed by atoms with Gasteiger partial charge in [-0.2, -0.15) is 10.2 Å². The monoisotopic (exact) mass is 352 g/mol. The molecule has 1 saturated heterocycles. The first-order valence-electron chi connectivity index (χ1n) is 8.47. The Morgan fingerprint density at radius 2 is 2.04 bits per heavy atom. The predicted molar refractivity (Wildman–Crippen MR) is 90.8 cm³/mol. The second-order valence-electron chi connectivity index (χ2n) is 6.26. The Morgan fingerprint density at radius 1 is 1.19 bits per heavy atom. The van der Waals surface area contributed by atoms with Crippen molar-refractivity contribution in [3.8, 4) is 0 Å². The van der Waals surface area contributed by atoms with Crippen molar-refractivity contribution in [2.75, 3.05) is 6.54 Å². The second-order valence-corrected chi connectivity index (χ2v) is 6.26.